The molecule has 1 atom stereocenters. The van der Waals surface area contributed by atoms with Gasteiger partial charge in [-0.3, -0.25) is 0 Å². The van der Waals surface area contributed by atoms with Crippen molar-refractivity contribution < 1.29 is 8.42 Å². The number of nitrogens with one attached hydrogen (secondary N) is 2. The molecule has 0 bridgehead atoms. The van der Waals surface area contributed by atoms with Crippen molar-refractivity contribution >= 4 is 40.0 Å². The van der Waals surface area contributed by atoms with Crippen molar-refractivity contribution in [2.75, 3.05) is 20.6 Å². The average molecular weight is 516 g/mol. The van der Waals surface area contributed by atoms with Gasteiger partial charge in [-0.25, -0.2) is 17.7 Å². The van der Waals surface area contributed by atoms with E-state index in [0.717, 1.165) is 18.1 Å². The zero-order valence-electron chi connectivity index (χ0n) is 16.7. The fraction of sp³-hybridized carbons (Fsp3) is 0.350. The molecule has 0 amide bonds. The van der Waals surface area contributed by atoms with Gasteiger partial charge >= 0.3 is 0 Å². The molecule has 2 aromatic carbocycles. The maximum atomic E-state index is 12.1. The molecular formula is C20H29IN4O2S. The summed E-state index contributed by atoms with van der Waals surface area (Å²) in [5, 5.41) is 6.63. The molecule has 0 aliphatic rings. The van der Waals surface area contributed by atoms with Gasteiger partial charge < -0.3 is 10.6 Å². The van der Waals surface area contributed by atoms with Crippen LogP contribution in [0.3, 0.4) is 0 Å². The van der Waals surface area contributed by atoms with E-state index in [4.69, 9.17) is 0 Å². The third-order valence-corrected chi connectivity index (χ3v) is 5.95. The highest BCUT2D eigenvalue weighted by Crippen LogP contribution is 2.15. The quantitative estimate of drug-likeness (QED) is 0.336. The van der Waals surface area contributed by atoms with Crippen LogP contribution in [0.5, 0.6) is 0 Å². The van der Waals surface area contributed by atoms with E-state index in [1.807, 2.05) is 25.1 Å². The normalized spacial score (nSPS) is 13.0. The SMILES string of the molecule is CCNC(=NCc1ccc(S(=O)(=O)N(C)C)cc1)NC(C)c1ccccc1.I. The van der Waals surface area contributed by atoms with Gasteiger partial charge in [0.2, 0.25) is 10.0 Å². The van der Waals surface area contributed by atoms with Crippen LogP contribution in [0.2, 0.25) is 0 Å². The van der Waals surface area contributed by atoms with Crippen LogP contribution in [0, 0.1) is 0 Å². The van der Waals surface area contributed by atoms with E-state index >= 15 is 0 Å². The van der Waals surface area contributed by atoms with Crippen LogP contribution in [0.15, 0.2) is 64.5 Å². The number of guanidine groups is 1. The Hall–Kier alpha value is -1.65. The summed E-state index contributed by atoms with van der Waals surface area (Å²) in [5.74, 6) is 0.721. The van der Waals surface area contributed by atoms with Crippen LogP contribution in [0.25, 0.3) is 0 Å². The Balaban J connectivity index is 0.00000392. The Bertz CT molecular complexity index is 854. The predicted octanol–water partition coefficient (Wildman–Crippen LogP) is 3.37. The van der Waals surface area contributed by atoms with Gasteiger partial charge in [0.05, 0.1) is 17.5 Å². The van der Waals surface area contributed by atoms with Gasteiger partial charge in [-0.05, 0) is 37.1 Å². The first-order chi connectivity index (χ1) is 12.8. The largest absolute Gasteiger partial charge is 0.357 e. The molecule has 154 valence electrons. The van der Waals surface area contributed by atoms with Gasteiger partial charge in [0, 0.05) is 20.6 Å². The van der Waals surface area contributed by atoms with E-state index < -0.39 is 10.0 Å². The highest BCUT2D eigenvalue weighted by molar-refractivity contribution is 14.0. The molecule has 0 fully saturated rings. The molecule has 0 heterocycles. The summed E-state index contributed by atoms with van der Waals surface area (Å²) in [6, 6.07) is 17.1. The number of halogens is 1. The molecule has 0 radical (unpaired) electrons. The van der Waals surface area contributed by atoms with E-state index in [1.54, 1.807) is 24.3 Å². The van der Waals surface area contributed by atoms with E-state index in [9.17, 15) is 8.42 Å². The first-order valence-corrected chi connectivity index (χ1v) is 10.4. The molecule has 1 unspecified atom stereocenters. The molecule has 2 N–H and O–H groups in total. The number of nitrogens with zero attached hydrogens (tertiary/aromatic N) is 2. The minimum absolute atomic E-state index is 0. The van der Waals surface area contributed by atoms with E-state index in [2.05, 4.69) is 34.7 Å². The molecule has 28 heavy (non-hydrogen) atoms. The van der Waals surface area contributed by atoms with Crippen molar-refractivity contribution in [2.45, 2.75) is 31.3 Å². The maximum absolute atomic E-state index is 12.1. The molecule has 6 nitrogen and oxygen atoms in total. The molecule has 0 aliphatic heterocycles. The zero-order valence-corrected chi connectivity index (χ0v) is 19.9. The zero-order chi connectivity index (χ0) is 19.9. The topological polar surface area (TPSA) is 73.8 Å². The van der Waals surface area contributed by atoms with Gasteiger partial charge in [0.15, 0.2) is 5.96 Å². The summed E-state index contributed by atoms with van der Waals surface area (Å²) in [7, 11) is -0.360. The van der Waals surface area contributed by atoms with Crippen molar-refractivity contribution in [3.05, 3.63) is 65.7 Å². The molecule has 0 aliphatic carbocycles. The van der Waals surface area contributed by atoms with Gasteiger partial charge in [-0.2, -0.15) is 0 Å². The van der Waals surface area contributed by atoms with Crippen molar-refractivity contribution in [3.8, 4) is 0 Å². The molecule has 0 aromatic heterocycles. The lowest BCUT2D eigenvalue weighted by Gasteiger charge is -2.18. The monoisotopic (exact) mass is 516 g/mol. The number of benzene rings is 2. The van der Waals surface area contributed by atoms with Gasteiger partial charge in [-0.15, -0.1) is 24.0 Å². The minimum atomic E-state index is -3.41. The fourth-order valence-corrected chi connectivity index (χ4v) is 3.40. The van der Waals surface area contributed by atoms with Gasteiger partial charge in [-0.1, -0.05) is 42.5 Å². The van der Waals surface area contributed by atoms with Crippen LogP contribution >= 0.6 is 24.0 Å². The number of hydrogen-bond donors (Lipinski definition) is 2. The first kappa shape index (κ1) is 24.4. The van der Waals surface area contributed by atoms with Crippen LogP contribution in [-0.4, -0.2) is 39.3 Å². The van der Waals surface area contributed by atoms with E-state index in [0.29, 0.717) is 6.54 Å². The number of hydrogen-bond acceptors (Lipinski definition) is 3. The average Bonchev–Trinajstić information content (AvgIpc) is 2.67. The summed E-state index contributed by atoms with van der Waals surface area (Å²) >= 11 is 0. The number of aliphatic imine (C=N–C) groups is 1. The first-order valence-electron chi connectivity index (χ1n) is 8.96. The standard InChI is InChI=1S/C20H28N4O2S.HI/c1-5-21-20(23-16(2)18-9-7-6-8-10-18)22-15-17-11-13-19(14-12-17)27(25,26)24(3)4;/h6-14,16H,5,15H2,1-4H3,(H2,21,22,23);1H. The molecule has 0 saturated heterocycles. The summed E-state index contributed by atoms with van der Waals surface area (Å²) in [6.07, 6.45) is 0. The highest BCUT2D eigenvalue weighted by atomic mass is 127. The van der Waals surface area contributed by atoms with Crippen molar-refractivity contribution in [1.29, 1.82) is 0 Å². The van der Waals surface area contributed by atoms with Crippen molar-refractivity contribution in [1.82, 2.24) is 14.9 Å². The maximum Gasteiger partial charge on any atom is 0.242 e. The van der Waals surface area contributed by atoms with Crippen molar-refractivity contribution in [2.24, 2.45) is 4.99 Å². The van der Waals surface area contributed by atoms with Crippen LogP contribution < -0.4 is 10.6 Å². The third-order valence-electron chi connectivity index (χ3n) is 4.12. The second-order valence-electron chi connectivity index (χ2n) is 6.40. The Morgan fingerprint density at radius 2 is 1.68 bits per heavy atom. The van der Waals surface area contributed by atoms with E-state index in [-0.39, 0.29) is 34.9 Å². The minimum Gasteiger partial charge on any atom is -0.357 e. The van der Waals surface area contributed by atoms with Crippen LogP contribution in [-0.2, 0) is 16.6 Å². The molecule has 2 aromatic rings. The lowest BCUT2D eigenvalue weighted by atomic mass is 10.1. The summed E-state index contributed by atoms with van der Waals surface area (Å²) in [4.78, 5) is 4.89. The molecule has 0 saturated carbocycles. The van der Waals surface area contributed by atoms with Gasteiger partial charge in [0.1, 0.15) is 0 Å². The summed E-state index contributed by atoms with van der Waals surface area (Å²) in [6.45, 7) is 5.32. The molecule has 0 spiro atoms. The molecular weight excluding hydrogens is 487 g/mol. The molecule has 8 heteroatoms. The number of sulfonamides is 1. The Morgan fingerprint density at radius 1 is 1.07 bits per heavy atom. The summed E-state index contributed by atoms with van der Waals surface area (Å²) in [5.41, 5.74) is 2.12. The second-order valence-corrected chi connectivity index (χ2v) is 8.56. The lowest BCUT2D eigenvalue weighted by molar-refractivity contribution is 0.520. The fourth-order valence-electron chi connectivity index (χ4n) is 2.50. The predicted molar refractivity (Wildman–Crippen MR) is 126 cm³/mol. The number of rotatable bonds is 7. The highest BCUT2D eigenvalue weighted by Gasteiger charge is 2.16. The molecule has 2 rings (SSSR count). The smallest absolute Gasteiger partial charge is 0.242 e. The Kier molecular flexibility index (Phi) is 9.91. The van der Waals surface area contributed by atoms with Crippen molar-refractivity contribution in [3.63, 3.8) is 0 Å². The van der Waals surface area contributed by atoms with E-state index in [1.165, 1.54) is 24.0 Å². The Labute approximate surface area is 185 Å². The second kappa shape index (κ2) is 11.4. The lowest BCUT2D eigenvalue weighted by Crippen LogP contribution is -2.38. The van der Waals surface area contributed by atoms with Gasteiger partial charge in [0.25, 0.3) is 0 Å². The third kappa shape index (κ3) is 6.75. The van der Waals surface area contributed by atoms with Crippen LogP contribution in [0.4, 0.5) is 0 Å². The van der Waals surface area contributed by atoms with Crippen LogP contribution in [0.1, 0.15) is 31.0 Å². The Morgan fingerprint density at radius 3 is 2.21 bits per heavy atom. The summed E-state index contributed by atoms with van der Waals surface area (Å²) < 4.78 is 25.5.